The number of amides is 1. The quantitative estimate of drug-likeness (QED) is 0.646. The Morgan fingerprint density at radius 2 is 2.35 bits per heavy atom. The number of hydrogen-bond donors (Lipinski definition) is 2. The highest BCUT2D eigenvalue weighted by atomic mass is 32.2. The lowest BCUT2D eigenvalue weighted by molar-refractivity contribution is -0.129. The van der Waals surface area contributed by atoms with Crippen molar-refractivity contribution in [2.24, 2.45) is 0 Å². The Hall–Kier alpha value is -1.20. The molecular weight excluding hydrogens is 272 g/mol. The van der Waals surface area contributed by atoms with E-state index in [4.69, 9.17) is 10.5 Å². The molecule has 1 aromatic carbocycles. The van der Waals surface area contributed by atoms with Crippen molar-refractivity contribution in [3.63, 3.8) is 0 Å². The van der Waals surface area contributed by atoms with Crippen molar-refractivity contribution in [3.05, 3.63) is 18.2 Å². The summed E-state index contributed by atoms with van der Waals surface area (Å²) < 4.78 is 5.49. The second-order valence-electron chi connectivity index (χ2n) is 4.94. The molecule has 1 heterocycles. The minimum Gasteiger partial charge on any atom is -0.397 e. The van der Waals surface area contributed by atoms with Gasteiger partial charge in [0.1, 0.15) is 6.10 Å². The van der Waals surface area contributed by atoms with Gasteiger partial charge in [0.15, 0.2) is 0 Å². The van der Waals surface area contributed by atoms with Crippen molar-refractivity contribution in [2.45, 2.75) is 43.6 Å². The summed E-state index contributed by atoms with van der Waals surface area (Å²) in [7, 11) is 0. The molecule has 1 atom stereocenters. The van der Waals surface area contributed by atoms with Gasteiger partial charge in [-0.05, 0) is 49.6 Å². The lowest BCUT2D eigenvalue weighted by Gasteiger charge is -2.22. The molecule has 1 unspecified atom stereocenters. The van der Waals surface area contributed by atoms with Gasteiger partial charge in [0.2, 0.25) is 0 Å². The Balaban J connectivity index is 2.01. The summed E-state index contributed by atoms with van der Waals surface area (Å²) in [5.41, 5.74) is 7.21. The van der Waals surface area contributed by atoms with E-state index >= 15 is 0 Å². The summed E-state index contributed by atoms with van der Waals surface area (Å²) in [6, 6.07) is 5.77. The number of ether oxygens (including phenoxy) is 1. The minimum absolute atomic E-state index is 0.0889. The van der Waals surface area contributed by atoms with Gasteiger partial charge in [0.05, 0.1) is 11.4 Å². The molecule has 20 heavy (non-hydrogen) atoms. The first-order valence-electron chi connectivity index (χ1n) is 7.15. The monoisotopic (exact) mass is 294 g/mol. The van der Waals surface area contributed by atoms with Crippen molar-refractivity contribution >= 4 is 29.0 Å². The molecule has 1 amide bonds. The van der Waals surface area contributed by atoms with Gasteiger partial charge < -0.3 is 15.8 Å². The number of rotatable bonds is 5. The van der Waals surface area contributed by atoms with Gasteiger partial charge in [-0.15, -0.1) is 11.8 Å². The number of nitrogen functional groups attached to an aromatic ring is 1. The van der Waals surface area contributed by atoms with Crippen LogP contribution >= 0.6 is 11.8 Å². The molecule has 1 aromatic rings. The zero-order chi connectivity index (χ0) is 14.4. The average molecular weight is 294 g/mol. The molecule has 1 aliphatic heterocycles. The zero-order valence-corrected chi connectivity index (χ0v) is 12.7. The van der Waals surface area contributed by atoms with Gasteiger partial charge in [-0.3, -0.25) is 4.79 Å². The first-order chi connectivity index (χ1) is 9.70. The van der Waals surface area contributed by atoms with Gasteiger partial charge in [0.25, 0.3) is 5.91 Å². The molecule has 0 radical (unpaired) electrons. The third-order valence-electron chi connectivity index (χ3n) is 3.23. The van der Waals surface area contributed by atoms with Crippen LogP contribution in [0, 0.1) is 0 Å². The number of carbonyl (C=O) groups is 1. The molecule has 4 nitrogen and oxygen atoms in total. The minimum atomic E-state index is -0.338. The van der Waals surface area contributed by atoms with Crippen LogP contribution in [0.2, 0.25) is 0 Å². The number of anilines is 2. The van der Waals surface area contributed by atoms with E-state index in [0.717, 1.165) is 36.3 Å². The van der Waals surface area contributed by atoms with Crippen molar-refractivity contribution in [1.82, 2.24) is 0 Å². The van der Waals surface area contributed by atoms with Crippen molar-refractivity contribution < 1.29 is 9.53 Å². The first kappa shape index (κ1) is 15.2. The van der Waals surface area contributed by atoms with E-state index in [1.54, 1.807) is 11.8 Å². The van der Waals surface area contributed by atoms with E-state index in [2.05, 4.69) is 12.2 Å². The molecule has 0 aromatic heterocycles. The standard InChI is InChI=1S/C15H22N2O2S/c1-2-9-20-11-6-7-12(16)13(10-11)17-15(18)14-5-3-4-8-19-14/h6-7,10,14H,2-5,8-9,16H2,1H3,(H,17,18). The second-order valence-corrected chi connectivity index (χ2v) is 6.11. The van der Waals surface area contributed by atoms with Gasteiger partial charge in [-0.2, -0.15) is 0 Å². The van der Waals surface area contributed by atoms with Crippen LogP contribution in [0.25, 0.3) is 0 Å². The Morgan fingerprint density at radius 3 is 3.05 bits per heavy atom. The van der Waals surface area contributed by atoms with Crippen LogP contribution in [0.1, 0.15) is 32.6 Å². The normalized spacial score (nSPS) is 18.8. The number of nitrogens with one attached hydrogen (secondary N) is 1. The molecule has 1 saturated heterocycles. The summed E-state index contributed by atoms with van der Waals surface area (Å²) in [4.78, 5) is 13.3. The molecule has 0 aliphatic carbocycles. The number of nitrogens with two attached hydrogens (primary N) is 1. The summed E-state index contributed by atoms with van der Waals surface area (Å²) in [6.45, 7) is 2.81. The number of hydrogen-bond acceptors (Lipinski definition) is 4. The van der Waals surface area contributed by atoms with Crippen LogP contribution in [-0.2, 0) is 9.53 Å². The maximum atomic E-state index is 12.1. The average Bonchev–Trinajstić information content (AvgIpc) is 2.49. The molecule has 0 spiro atoms. The van der Waals surface area contributed by atoms with E-state index in [1.165, 1.54) is 0 Å². The first-order valence-corrected chi connectivity index (χ1v) is 8.14. The molecule has 1 aliphatic rings. The van der Waals surface area contributed by atoms with E-state index in [1.807, 2.05) is 18.2 Å². The van der Waals surface area contributed by atoms with E-state index in [0.29, 0.717) is 18.0 Å². The third-order valence-corrected chi connectivity index (χ3v) is 4.43. The molecule has 1 fully saturated rings. The summed E-state index contributed by atoms with van der Waals surface area (Å²) in [5.74, 6) is 0.970. The molecular formula is C15H22N2O2S. The molecule has 3 N–H and O–H groups in total. The SMILES string of the molecule is CCCSc1ccc(N)c(NC(=O)C2CCCCO2)c1. The van der Waals surface area contributed by atoms with Crippen LogP contribution < -0.4 is 11.1 Å². The smallest absolute Gasteiger partial charge is 0.253 e. The van der Waals surface area contributed by atoms with Crippen LogP contribution in [-0.4, -0.2) is 24.4 Å². The highest BCUT2D eigenvalue weighted by Gasteiger charge is 2.22. The van der Waals surface area contributed by atoms with Crippen LogP contribution in [0.4, 0.5) is 11.4 Å². The van der Waals surface area contributed by atoms with Gasteiger partial charge in [-0.1, -0.05) is 6.92 Å². The molecule has 5 heteroatoms. The van der Waals surface area contributed by atoms with Crippen LogP contribution in [0.3, 0.4) is 0 Å². The topological polar surface area (TPSA) is 64.3 Å². The number of thioether (sulfide) groups is 1. The number of benzene rings is 1. The predicted molar refractivity (Wildman–Crippen MR) is 84.1 cm³/mol. The summed E-state index contributed by atoms with van der Waals surface area (Å²) >= 11 is 1.77. The van der Waals surface area contributed by atoms with Crippen molar-refractivity contribution in [3.8, 4) is 0 Å². The highest BCUT2D eigenvalue weighted by molar-refractivity contribution is 7.99. The van der Waals surface area contributed by atoms with Crippen LogP contribution in [0.5, 0.6) is 0 Å². The summed E-state index contributed by atoms with van der Waals surface area (Å²) in [5, 5.41) is 2.89. The van der Waals surface area contributed by atoms with Crippen molar-refractivity contribution in [2.75, 3.05) is 23.4 Å². The lowest BCUT2D eigenvalue weighted by atomic mass is 10.1. The Kier molecular flexibility index (Phi) is 5.73. The summed E-state index contributed by atoms with van der Waals surface area (Å²) in [6.07, 6.45) is 3.65. The third kappa shape index (κ3) is 4.15. The predicted octanol–water partition coefficient (Wildman–Crippen LogP) is 3.28. The highest BCUT2D eigenvalue weighted by Crippen LogP contribution is 2.27. The fourth-order valence-corrected chi connectivity index (χ4v) is 2.92. The molecule has 110 valence electrons. The molecule has 0 bridgehead atoms. The van der Waals surface area contributed by atoms with Crippen molar-refractivity contribution in [1.29, 1.82) is 0 Å². The number of carbonyl (C=O) groups excluding carboxylic acids is 1. The maximum Gasteiger partial charge on any atom is 0.253 e. The fourth-order valence-electron chi connectivity index (χ4n) is 2.11. The van der Waals surface area contributed by atoms with Gasteiger partial charge >= 0.3 is 0 Å². The fraction of sp³-hybridized carbons (Fsp3) is 0.533. The van der Waals surface area contributed by atoms with Crippen LogP contribution in [0.15, 0.2) is 23.1 Å². The Bertz CT molecular complexity index is 459. The van der Waals surface area contributed by atoms with E-state index < -0.39 is 0 Å². The van der Waals surface area contributed by atoms with E-state index in [-0.39, 0.29) is 12.0 Å². The van der Waals surface area contributed by atoms with Gasteiger partial charge in [-0.25, -0.2) is 0 Å². The second kappa shape index (κ2) is 7.55. The van der Waals surface area contributed by atoms with Gasteiger partial charge in [0, 0.05) is 11.5 Å². The maximum absolute atomic E-state index is 12.1. The largest absolute Gasteiger partial charge is 0.397 e. The van der Waals surface area contributed by atoms with E-state index in [9.17, 15) is 4.79 Å². The molecule has 0 saturated carbocycles. The lowest BCUT2D eigenvalue weighted by Crippen LogP contribution is -2.33. The zero-order valence-electron chi connectivity index (χ0n) is 11.9. The molecule has 2 rings (SSSR count). The Labute approximate surface area is 124 Å². The Morgan fingerprint density at radius 1 is 1.50 bits per heavy atom.